The summed E-state index contributed by atoms with van der Waals surface area (Å²) in [5.74, 6) is 0.202. The van der Waals surface area contributed by atoms with Gasteiger partial charge in [0.1, 0.15) is 0 Å². The predicted octanol–water partition coefficient (Wildman–Crippen LogP) is 1.12. The van der Waals surface area contributed by atoms with Crippen molar-refractivity contribution in [2.45, 2.75) is 64.1 Å². The molecule has 2 N–H and O–H groups in total. The quantitative estimate of drug-likeness (QED) is 0.745. The Labute approximate surface area is 110 Å². The van der Waals surface area contributed by atoms with Gasteiger partial charge in [-0.1, -0.05) is 13.8 Å². The van der Waals surface area contributed by atoms with Crippen LogP contribution in [0.25, 0.3) is 0 Å². The molecule has 0 spiro atoms. The first-order valence-electron chi connectivity index (χ1n) is 7.42. The number of nitrogens with zero attached hydrogens (tertiary/aromatic N) is 1. The van der Waals surface area contributed by atoms with Crippen molar-refractivity contribution in [3.05, 3.63) is 0 Å². The van der Waals surface area contributed by atoms with Crippen molar-refractivity contribution >= 4 is 5.91 Å². The van der Waals surface area contributed by atoms with E-state index in [1.165, 1.54) is 25.9 Å². The summed E-state index contributed by atoms with van der Waals surface area (Å²) in [6.45, 7) is 7.32. The van der Waals surface area contributed by atoms with Crippen LogP contribution < -0.4 is 10.6 Å². The van der Waals surface area contributed by atoms with Crippen LogP contribution in [0.15, 0.2) is 0 Å². The number of hydrogen-bond donors (Lipinski definition) is 2. The van der Waals surface area contributed by atoms with Crippen LogP contribution in [0.5, 0.6) is 0 Å². The van der Waals surface area contributed by atoms with Gasteiger partial charge in [-0.05, 0) is 25.7 Å². The zero-order valence-corrected chi connectivity index (χ0v) is 11.7. The standard InChI is InChI=1S/C14H27N3O/c1-11(2)15-8-5-14(18)16-12-6-9-17(10-7-12)13-3-4-13/h11-13,15H,3-10H2,1-2H3,(H,16,18). The van der Waals surface area contributed by atoms with Crippen molar-refractivity contribution in [2.24, 2.45) is 0 Å². The molecule has 104 valence electrons. The fourth-order valence-corrected chi connectivity index (χ4v) is 2.62. The predicted molar refractivity (Wildman–Crippen MR) is 73.5 cm³/mol. The molecule has 0 aromatic rings. The van der Waals surface area contributed by atoms with Crippen LogP contribution in [-0.2, 0) is 4.79 Å². The molecule has 0 atom stereocenters. The number of hydrogen-bond acceptors (Lipinski definition) is 3. The first-order chi connectivity index (χ1) is 8.65. The molecule has 2 aliphatic rings. The summed E-state index contributed by atoms with van der Waals surface area (Å²) < 4.78 is 0. The summed E-state index contributed by atoms with van der Waals surface area (Å²) >= 11 is 0. The van der Waals surface area contributed by atoms with Crippen LogP contribution in [-0.4, -0.2) is 48.6 Å². The summed E-state index contributed by atoms with van der Waals surface area (Å²) in [5.41, 5.74) is 0. The van der Waals surface area contributed by atoms with E-state index in [1.807, 2.05) is 0 Å². The smallest absolute Gasteiger partial charge is 0.221 e. The van der Waals surface area contributed by atoms with Gasteiger partial charge >= 0.3 is 0 Å². The van der Waals surface area contributed by atoms with Gasteiger partial charge in [0.25, 0.3) is 0 Å². The molecule has 1 aliphatic heterocycles. The van der Waals surface area contributed by atoms with Crippen LogP contribution in [0.2, 0.25) is 0 Å². The van der Waals surface area contributed by atoms with Crippen LogP contribution in [0.3, 0.4) is 0 Å². The molecule has 0 unspecified atom stereocenters. The Hall–Kier alpha value is -0.610. The summed E-state index contributed by atoms with van der Waals surface area (Å²) in [6.07, 6.45) is 5.62. The molecule has 1 heterocycles. The minimum absolute atomic E-state index is 0.202. The monoisotopic (exact) mass is 253 g/mol. The average molecular weight is 253 g/mol. The summed E-state index contributed by atoms with van der Waals surface area (Å²) in [6, 6.07) is 1.74. The van der Waals surface area contributed by atoms with Gasteiger partial charge in [-0.15, -0.1) is 0 Å². The highest BCUT2D eigenvalue weighted by molar-refractivity contribution is 5.76. The van der Waals surface area contributed by atoms with E-state index in [2.05, 4.69) is 29.4 Å². The maximum atomic E-state index is 11.8. The molecule has 4 nitrogen and oxygen atoms in total. The first-order valence-corrected chi connectivity index (χ1v) is 7.42. The van der Waals surface area contributed by atoms with Gasteiger partial charge in [-0.2, -0.15) is 0 Å². The summed E-state index contributed by atoms with van der Waals surface area (Å²) in [7, 11) is 0. The Morgan fingerprint density at radius 3 is 2.44 bits per heavy atom. The number of nitrogens with one attached hydrogen (secondary N) is 2. The van der Waals surface area contributed by atoms with E-state index >= 15 is 0 Å². The van der Waals surface area contributed by atoms with E-state index in [0.29, 0.717) is 18.5 Å². The highest BCUT2D eigenvalue weighted by Gasteiger charge is 2.31. The molecule has 1 saturated heterocycles. The lowest BCUT2D eigenvalue weighted by Gasteiger charge is -2.32. The van der Waals surface area contributed by atoms with Crippen molar-refractivity contribution in [1.82, 2.24) is 15.5 Å². The van der Waals surface area contributed by atoms with Crippen molar-refractivity contribution in [2.75, 3.05) is 19.6 Å². The number of likely N-dealkylation sites (tertiary alicyclic amines) is 1. The normalized spacial score (nSPS) is 22.4. The van der Waals surface area contributed by atoms with E-state index in [0.717, 1.165) is 25.4 Å². The van der Waals surface area contributed by atoms with Crippen LogP contribution in [0, 0.1) is 0 Å². The molecule has 0 aromatic heterocycles. The lowest BCUT2D eigenvalue weighted by atomic mass is 10.0. The summed E-state index contributed by atoms with van der Waals surface area (Å²) in [5, 5.41) is 6.44. The van der Waals surface area contributed by atoms with E-state index in [4.69, 9.17) is 0 Å². The Morgan fingerprint density at radius 1 is 1.22 bits per heavy atom. The number of carbonyl (C=O) groups excluding carboxylic acids is 1. The maximum absolute atomic E-state index is 11.8. The Kier molecular flexibility index (Phi) is 5.01. The second kappa shape index (κ2) is 6.53. The number of carbonyl (C=O) groups is 1. The Bertz CT molecular complexity index is 268. The van der Waals surface area contributed by atoms with Crippen molar-refractivity contribution in [3.63, 3.8) is 0 Å². The van der Waals surface area contributed by atoms with Crippen molar-refractivity contribution in [3.8, 4) is 0 Å². The van der Waals surface area contributed by atoms with Gasteiger partial charge in [0.05, 0.1) is 0 Å². The third kappa shape index (κ3) is 4.58. The minimum atomic E-state index is 0.202. The highest BCUT2D eigenvalue weighted by Crippen LogP contribution is 2.29. The van der Waals surface area contributed by atoms with Crippen molar-refractivity contribution in [1.29, 1.82) is 0 Å². The molecule has 1 saturated carbocycles. The highest BCUT2D eigenvalue weighted by atomic mass is 16.1. The zero-order chi connectivity index (χ0) is 13.0. The molecule has 18 heavy (non-hydrogen) atoms. The van der Waals surface area contributed by atoms with Crippen LogP contribution >= 0.6 is 0 Å². The lowest BCUT2D eigenvalue weighted by Crippen LogP contribution is -2.45. The number of piperidine rings is 1. The number of rotatable bonds is 6. The molecule has 1 aliphatic carbocycles. The van der Waals surface area contributed by atoms with Gasteiger partial charge < -0.3 is 15.5 Å². The Balaban J connectivity index is 1.57. The second-order valence-electron chi connectivity index (χ2n) is 5.97. The van der Waals surface area contributed by atoms with Crippen LogP contribution in [0.1, 0.15) is 46.0 Å². The largest absolute Gasteiger partial charge is 0.353 e. The molecule has 0 bridgehead atoms. The SMILES string of the molecule is CC(C)NCCC(=O)NC1CCN(C2CC2)CC1. The molecule has 0 aromatic carbocycles. The van der Waals surface area contributed by atoms with Gasteiger partial charge in [0.2, 0.25) is 5.91 Å². The van der Waals surface area contributed by atoms with E-state index < -0.39 is 0 Å². The van der Waals surface area contributed by atoms with Crippen LogP contribution in [0.4, 0.5) is 0 Å². The van der Waals surface area contributed by atoms with Gasteiger partial charge in [0.15, 0.2) is 0 Å². The van der Waals surface area contributed by atoms with Gasteiger partial charge in [-0.25, -0.2) is 0 Å². The van der Waals surface area contributed by atoms with Crippen molar-refractivity contribution < 1.29 is 4.79 Å². The molecule has 0 radical (unpaired) electrons. The molecule has 1 amide bonds. The Morgan fingerprint density at radius 2 is 1.89 bits per heavy atom. The molecule has 4 heteroatoms. The molecule has 2 rings (SSSR count). The first kappa shape index (κ1) is 13.8. The number of amides is 1. The zero-order valence-electron chi connectivity index (χ0n) is 11.7. The average Bonchev–Trinajstić information content (AvgIpc) is 3.13. The van der Waals surface area contributed by atoms with Gasteiger partial charge in [-0.3, -0.25) is 4.79 Å². The maximum Gasteiger partial charge on any atom is 0.221 e. The van der Waals surface area contributed by atoms with E-state index in [1.54, 1.807) is 0 Å². The molecule has 2 fully saturated rings. The molecular weight excluding hydrogens is 226 g/mol. The third-order valence-corrected chi connectivity index (χ3v) is 3.86. The molecular formula is C14H27N3O. The topological polar surface area (TPSA) is 44.4 Å². The lowest BCUT2D eigenvalue weighted by molar-refractivity contribution is -0.122. The fraction of sp³-hybridized carbons (Fsp3) is 0.929. The summed E-state index contributed by atoms with van der Waals surface area (Å²) in [4.78, 5) is 14.3. The second-order valence-corrected chi connectivity index (χ2v) is 5.97. The van der Waals surface area contributed by atoms with E-state index in [-0.39, 0.29) is 5.91 Å². The van der Waals surface area contributed by atoms with Gasteiger partial charge in [0, 0.05) is 44.2 Å². The van der Waals surface area contributed by atoms with E-state index in [9.17, 15) is 4.79 Å². The minimum Gasteiger partial charge on any atom is -0.353 e. The third-order valence-electron chi connectivity index (χ3n) is 3.86. The fourth-order valence-electron chi connectivity index (χ4n) is 2.62.